The molecule has 0 atom stereocenters. The number of hydrogen-bond acceptors (Lipinski definition) is 4. The Morgan fingerprint density at radius 1 is 1.33 bits per heavy atom. The van der Waals surface area contributed by atoms with Crippen LogP contribution < -0.4 is 4.74 Å². The maximum Gasteiger partial charge on any atom is 0.314 e. The highest BCUT2D eigenvalue weighted by molar-refractivity contribution is 6.34. The Morgan fingerprint density at radius 3 is 2.62 bits per heavy atom. The van der Waals surface area contributed by atoms with Crippen molar-refractivity contribution in [3.63, 3.8) is 0 Å². The molecular formula is C14H9ClFNO4. The van der Waals surface area contributed by atoms with Gasteiger partial charge in [0.05, 0.1) is 9.95 Å². The first-order valence-electron chi connectivity index (χ1n) is 5.81. The summed E-state index contributed by atoms with van der Waals surface area (Å²) in [5, 5.41) is 11.0. The second kappa shape index (κ2) is 5.88. The van der Waals surface area contributed by atoms with Gasteiger partial charge in [-0.1, -0.05) is 17.7 Å². The molecule has 7 heteroatoms. The first-order chi connectivity index (χ1) is 9.90. The number of benzene rings is 2. The van der Waals surface area contributed by atoms with Crippen LogP contribution in [-0.2, 0) is 0 Å². The molecule has 0 aliphatic carbocycles. The molecule has 0 unspecified atom stereocenters. The van der Waals surface area contributed by atoms with Crippen LogP contribution in [0.3, 0.4) is 0 Å². The molecule has 0 bridgehead atoms. The van der Waals surface area contributed by atoms with Gasteiger partial charge in [-0.2, -0.15) is 0 Å². The van der Waals surface area contributed by atoms with Crippen molar-refractivity contribution in [2.45, 2.75) is 6.92 Å². The molecule has 0 saturated carbocycles. The van der Waals surface area contributed by atoms with E-state index in [1.165, 1.54) is 31.2 Å². The molecule has 2 aromatic carbocycles. The molecule has 0 fully saturated rings. The van der Waals surface area contributed by atoms with Crippen molar-refractivity contribution in [1.82, 2.24) is 0 Å². The topological polar surface area (TPSA) is 69.4 Å². The number of halogens is 2. The maximum atomic E-state index is 13.7. The van der Waals surface area contributed by atoms with E-state index in [-0.39, 0.29) is 22.1 Å². The van der Waals surface area contributed by atoms with Gasteiger partial charge in [0.1, 0.15) is 5.75 Å². The van der Waals surface area contributed by atoms with Gasteiger partial charge in [0, 0.05) is 17.7 Å². The van der Waals surface area contributed by atoms with E-state index in [1.807, 2.05) is 0 Å². The van der Waals surface area contributed by atoms with Crippen LogP contribution in [0, 0.1) is 15.9 Å². The van der Waals surface area contributed by atoms with Gasteiger partial charge in [0.2, 0.25) is 5.75 Å². The SMILES string of the molecule is CC(=O)c1ccc(Oc2c(F)cccc2[N+](=O)[O-])cc1Cl. The lowest BCUT2D eigenvalue weighted by molar-refractivity contribution is -0.385. The van der Waals surface area contributed by atoms with Crippen LogP contribution in [0.1, 0.15) is 17.3 Å². The summed E-state index contributed by atoms with van der Waals surface area (Å²) in [5.41, 5.74) is -0.214. The van der Waals surface area contributed by atoms with E-state index in [0.29, 0.717) is 0 Å². The minimum atomic E-state index is -0.865. The first kappa shape index (κ1) is 14.9. The zero-order valence-electron chi connectivity index (χ0n) is 10.8. The van der Waals surface area contributed by atoms with E-state index < -0.39 is 22.2 Å². The molecule has 0 aromatic heterocycles. The average Bonchev–Trinajstić information content (AvgIpc) is 2.40. The monoisotopic (exact) mass is 309 g/mol. The molecule has 0 radical (unpaired) electrons. The Balaban J connectivity index is 2.41. The third-order valence-electron chi connectivity index (χ3n) is 2.68. The number of ether oxygens (including phenoxy) is 1. The van der Waals surface area contributed by atoms with E-state index in [9.17, 15) is 19.3 Å². The Kier molecular flexibility index (Phi) is 4.18. The summed E-state index contributed by atoms with van der Waals surface area (Å²) < 4.78 is 18.9. The van der Waals surface area contributed by atoms with Crippen molar-refractivity contribution in [2.24, 2.45) is 0 Å². The van der Waals surface area contributed by atoms with Gasteiger partial charge in [-0.15, -0.1) is 0 Å². The second-order valence-corrected chi connectivity index (χ2v) is 4.55. The summed E-state index contributed by atoms with van der Waals surface area (Å²) in [6, 6.07) is 7.49. The smallest absolute Gasteiger partial charge is 0.314 e. The van der Waals surface area contributed by atoms with Crippen molar-refractivity contribution in [1.29, 1.82) is 0 Å². The number of nitrogens with zero attached hydrogens (tertiary/aromatic N) is 1. The lowest BCUT2D eigenvalue weighted by atomic mass is 10.1. The van der Waals surface area contributed by atoms with Gasteiger partial charge in [0.25, 0.3) is 0 Å². The fourth-order valence-corrected chi connectivity index (χ4v) is 2.01. The molecule has 0 amide bonds. The van der Waals surface area contributed by atoms with Gasteiger partial charge in [-0.05, 0) is 25.1 Å². The van der Waals surface area contributed by atoms with Gasteiger partial charge >= 0.3 is 5.69 Å². The summed E-state index contributed by atoms with van der Waals surface area (Å²) in [6.07, 6.45) is 0. The van der Waals surface area contributed by atoms with Gasteiger partial charge in [-0.3, -0.25) is 14.9 Å². The molecule has 0 aliphatic rings. The number of nitro benzene ring substituents is 1. The van der Waals surface area contributed by atoms with Crippen molar-refractivity contribution in [3.05, 3.63) is 62.9 Å². The zero-order chi connectivity index (χ0) is 15.6. The van der Waals surface area contributed by atoms with Crippen molar-refractivity contribution < 1.29 is 18.8 Å². The maximum absolute atomic E-state index is 13.7. The summed E-state index contributed by atoms with van der Waals surface area (Å²) in [7, 11) is 0. The van der Waals surface area contributed by atoms with Gasteiger partial charge in [0.15, 0.2) is 11.6 Å². The molecule has 0 aliphatic heterocycles. The minimum Gasteiger partial charge on any atom is -0.447 e. The van der Waals surface area contributed by atoms with Crippen molar-refractivity contribution in [3.8, 4) is 11.5 Å². The summed E-state index contributed by atoms with van der Waals surface area (Å²) in [6.45, 7) is 1.35. The zero-order valence-corrected chi connectivity index (χ0v) is 11.6. The Bertz CT molecular complexity index is 733. The predicted octanol–water partition coefficient (Wildman–Crippen LogP) is 4.38. The third kappa shape index (κ3) is 3.17. The molecule has 0 N–H and O–H groups in total. The summed E-state index contributed by atoms with van der Waals surface area (Å²) in [4.78, 5) is 21.4. The molecule has 2 aromatic rings. The minimum absolute atomic E-state index is 0.0956. The standard InChI is InChI=1S/C14H9ClFNO4/c1-8(18)10-6-5-9(7-11(10)15)21-14-12(16)3-2-4-13(14)17(19)20/h2-7H,1H3. The van der Waals surface area contributed by atoms with E-state index in [4.69, 9.17) is 16.3 Å². The third-order valence-corrected chi connectivity index (χ3v) is 3.00. The molecule has 108 valence electrons. The highest BCUT2D eigenvalue weighted by Gasteiger charge is 2.20. The number of Topliss-reactive ketones (excluding diaryl/α,β-unsaturated/α-hetero) is 1. The highest BCUT2D eigenvalue weighted by Crippen LogP contribution is 2.35. The quantitative estimate of drug-likeness (QED) is 0.477. The Morgan fingerprint density at radius 2 is 2.05 bits per heavy atom. The second-order valence-electron chi connectivity index (χ2n) is 4.15. The number of rotatable bonds is 4. The van der Waals surface area contributed by atoms with Crippen LogP contribution in [0.4, 0.5) is 10.1 Å². The van der Waals surface area contributed by atoms with Crippen molar-refractivity contribution >= 4 is 23.1 Å². The first-order valence-corrected chi connectivity index (χ1v) is 6.19. The van der Waals surface area contributed by atoms with Crippen LogP contribution in [0.2, 0.25) is 5.02 Å². The Hall–Kier alpha value is -2.47. The number of hydrogen-bond donors (Lipinski definition) is 0. The van der Waals surface area contributed by atoms with E-state index in [0.717, 1.165) is 12.1 Å². The molecular weight excluding hydrogens is 301 g/mol. The fraction of sp³-hybridized carbons (Fsp3) is 0.0714. The normalized spacial score (nSPS) is 10.2. The molecule has 2 rings (SSSR count). The molecule has 21 heavy (non-hydrogen) atoms. The number of ketones is 1. The van der Waals surface area contributed by atoms with E-state index >= 15 is 0 Å². The van der Waals surface area contributed by atoms with Crippen LogP contribution in [0.5, 0.6) is 11.5 Å². The molecule has 5 nitrogen and oxygen atoms in total. The summed E-state index contributed by atoms with van der Waals surface area (Å²) >= 11 is 5.90. The fourth-order valence-electron chi connectivity index (χ4n) is 1.70. The van der Waals surface area contributed by atoms with Crippen LogP contribution in [0.15, 0.2) is 36.4 Å². The average molecular weight is 310 g/mol. The van der Waals surface area contributed by atoms with Gasteiger partial charge < -0.3 is 4.74 Å². The largest absolute Gasteiger partial charge is 0.447 e. The molecule has 0 saturated heterocycles. The molecule has 0 heterocycles. The van der Waals surface area contributed by atoms with Gasteiger partial charge in [-0.25, -0.2) is 4.39 Å². The lowest BCUT2D eigenvalue weighted by Crippen LogP contribution is -1.97. The van der Waals surface area contributed by atoms with Crippen LogP contribution in [-0.4, -0.2) is 10.7 Å². The highest BCUT2D eigenvalue weighted by atomic mass is 35.5. The van der Waals surface area contributed by atoms with E-state index in [1.54, 1.807) is 0 Å². The number of nitro groups is 1. The Labute approximate surface area is 124 Å². The molecule has 0 spiro atoms. The number of carbonyl (C=O) groups is 1. The summed E-state index contributed by atoms with van der Waals surface area (Å²) in [5.74, 6) is -1.51. The van der Waals surface area contributed by atoms with Crippen LogP contribution >= 0.6 is 11.6 Å². The van der Waals surface area contributed by atoms with E-state index in [2.05, 4.69) is 0 Å². The van der Waals surface area contributed by atoms with Crippen molar-refractivity contribution in [2.75, 3.05) is 0 Å². The number of para-hydroxylation sites is 1. The lowest BCUT2D eigenvalue weighted by Gasteiger charge is -2.08. The van der Waals surface area contributed by atoms with Crippen LogP contribution in [0.25, 0.3) is 0 Å². The number of carbonyl (C=O) groups excluding carboxylic acids is 1. The predicted molar refractivity (Wildman–Crippen MR) is 74.6 cm³/mol.